The van der Waals surface area contributed by atoms with Gasteiger partial charge in [-0.2, -0.15) is 0 Å². The van der Waals surface area contributed by atoms with Crippen LogP contribution in [0.3, 0.4) is 0 Å². The Bertz CT molecular complexity index is 222. The molecule has 80 valence electrons. The van der Waals surface area contributed by atoms with Crippen LogP contribution in [0.15, 0.2) is 0 Å². The molecule has 1 aliphatic rings. The highest BCUT2D eigenvalue weighted by molar-refractivity contribution is 5.79. The zero-order chi connectivity index (χ0) is 10.6. The molecule has 1 rings (SSSR count). The molecule has 4 N–H and O–H groups in total. The Labute approximate surface area is 84.0 Å². The van der Waals surface area contributed by atoms with Gasteiger partial charge in [0.05, 0.1) is 0 Å². The summed E-state index contributed by atoms with van der Waals surface area (Å²) in [6.45, 7) is 0. The van der Waals surface area contributed by atoms with Crippen LogP contribution in [0, 0.1) is 11.8 Å². The van der Waals surface area contributed by atoms with Gasteiger partial charge in [-0.1, -0.05) is 12.8 Å². The minimum atomic E-state index is -0.353. The monoisotopic (exact) mass is 198 g/mol. The molecular formula is C10H18N2O2. The summed E-state index contributed by atoms with van der Waals surface area (Å²) >= 11 is 0. The lowest BCUT2D eigenvalue weighted by molar-refractivity contribution is -0.124. The molecule has 1 atom stereocenters. The first-order valence-electron chi connectivity index (χ1n) is 5.19. The van der Waals surface area contributed by atoms with Crippen molar-refractivity contribution in [2.45, 2.75) is 38.5 Å². The Hall–Kier alpha value is -1.06. The molecule has 0 aliphatic heterocycles. The summed E-state index contributed by atoms with van der Waals surface area (Å²) < 4.78 is 0. The van der Waals surface area contributed by atoms with Crippen LogP contribution < -0.4 is 11.5 Å². The summed E-state index contributed by atoms with van der Waals surface area (Å²) in [7, 11) is 0. The number of hydrogen-bond donors (Lipinski definition) is 2. The fraction of sp³-hybridized carbons (Fsp3) is 0.800. The molecule has 0 saturated heterocycles. The Morgan fingerprint density at radius 2 is 1.79 bits per heavy atom. The Morgan fingerprint density at radius 3 is 2.21 bits per heavy atom. The van der Waals surface area contributed by atoms with E-state index in [0.29, 0.717) is 12.3 Å². The van der Waals surface area contributed by atoms with E-state index in [1.165, 1.54) is 12.8 Å². The third kappa shape index (κ3) is 3.01. The van der Waals surface area contributed by atoms with Crippen LogP contribution in [0.2, 0.25) is 0 Å². The van der Waals surface area contributed by atoms with Gasteiger partial charge in [-0.3, -0.25) is 9.59 Å². The van der Waals surface area contributed by atoms with Gasteiger partial charge in [0.1, 0.15) is 0 Å². The molecule has 1 saturated carbocycles. The van der Waals surface area contributed by atoms with Crippen LogP contribution in [0.1, 0.15) is 38.5 Å². The van der Waals surface area contributed by atoms with E-state index >= 15 is 0 Å². The summed E-state index contributed by atoms with van der Waals surface area (Å²) in [4.78, 5) is 21.8. The largest absolute Gasteiger partial charge is 0.370 e. The van der Waals surface area contributed by atoms with Gasteiger partial charge >= 0.3 is 0 Å². The summed E-state index contributed by atoms with van der Waals surface area (Å²) in [5, 5.41) is 0. The van der Waals surface area contributed by atoms with Crippen molar-refractivity contribution in [3.63, 3.8) is 0 Å². The number of carbonyl (C=O) groups is 2. The molecule has 1 aliphatic carbocycles. The fourth-order valence-electron chi connectivity index (χ4n) is 2.27. The number of amides is 2. The van der Waals surface area contributed by atoms with Crippen LogP contribution in [0.4, 0.5) is 0 Å². The molecule has 0 aromatic rings. The van der Waals surface area contributed by atoms with Gasteiger partial charge in [-0.25, -0.2) is 0 Å². The lowest BCUT2D eigenvalue weighted by atomic mass is 9.86. The molecule has 1 unspecified atom stereocenters. The standard InChI is InChI=1S/C10H18N2O2/c11-9(13)6-5-8(10(12)14)7-3-1-2-4-7/h7-8H,1-6H2,(H2,11,13)(H2,12,14). The van der Waals surface area contributed by atoms with E-state index in [1.54, 1.807) is 0 Å². The maximum Gasteiger partial charge on any atom is 0.220 e. The van der Waals surface area contributed by atoms with Crippen LogP contribution in [0.5, 0.6) is 0 Å². The second-order valence-electron chi connectivity index (χ2n) is 4.06. The molecule has 0 heterocycles. The molecule has 4 nitrogen and oxygen atoms in total. The van der Waals surface area contributed by atoms with Crippen molar-refractivity contribution >= 4 is 11.8 Å². The van der Waals surface area contributed by atoms with E-state index < -0.39 is 0 Å². The fourth-order valence-corrected chi connectivity index (χ4v) is 2.27. The summed E-state index contributed by atoms with van der Waals surface area (Å²) in [6, 6.07) is 0. The van der Waals surface area contributed by atoms with E-state index in [2.05, 4.69) is 0 Å². The maximum atomic E-state index is 11.2. The number of nitrogens with two attached hydrogens (primary N) is 2. The van der Waals surface area contributed by atoms with E-state index in [0.717, 1.165) is 12.8 Å². The zero-order valence-corrected chi connectivity index (χ0v) is 8.37. The van der Waals surface area contributed by atoms with Crippen molar-refractivity contribution in [2.24, 2.45) is 23.3 Å². The lowest BCUT2D eigenvalue weighted by Gasteiger charge is -2.19. The number of carbonyl (C=O) groups excluding carboxylic acids is 2. The predicted molar refractivity (Wildman–Crippen MR) is 53.1 cm³/mol. The number of primary amides is 2. The van der Waals surface area contributed by atoms with Crippen molar-refractivity contribution < 1.29 is 9.59 Å². The van der Waals surface area contributed by atoms with Crippen molar-refractivity contribution in [3.05, 3.63) is 0 Å². The van der Waals surface area contributed by atoms with Gasteiger partial charge in [0.15, 0.2) is 0 Å². The van der Waals surface area contributed by atoms with Crippen molar-refractivity contribution in [2.75, 3.05) is 0 Å². The summed E-state index contributed by atoms with van der Waals surface area (Å²) in [5.74, 6) is -0.399. The highest BCUT2D eigenvalue weighted by Crippen LogP contribution is 2.33. The molecule has 1 fully saturated rings. The Balaban J connectivity index is 2.45. The van der Waals surface area contributed by atoms with E-state index in [9.17, 15) is 9.59 Å². The molecule has 14 heavy (non-hydrogen) atoms. The van der Waals surface area contributed by atoms with Crippen molar-refractivity contribution in [1.82, 2.24) is 0 Å². The quantitative estimate of drug-likeness (QED) is 0.675. The highest BCUT2D eigenvalue weighted by atomic mass is 16.1. The smallest absolute Gasteiger partial charge is 0.220 e. The third-order valence-electron chi connectivity index (χ3n) is 3.04. The first kappa shape index (κ1) is 11.0. The Morgan fingerprint density at radius 1 is 1.21 bits per heavy atom. The normalized spacial score (nSPS) is 19.4. The molecule has 4 heteroatoms. The van der Waals surface area contributed by atoms with Crippen LogP contribution in [-0.2, 0) is 9.59 Å². The van der Waals surface area contributed by atoms with Gasteiger partial charge < -0.3 is 11.5 Å². The maximum absolute atomic E-state index is 11.2. The van der Waals surface area contributed by atoms with E-state index in [4.69, 9.17) is 11.5 Å². The van der Waals surface area contributed by atoms with Crippen molar-refractivity contribution in [1.29, 1.82) is 0 Å². The molecule has 0 bridgehead atoms. The average molecular weight is 198 g/mol. The predicted octanol–water partition coefficient (Wildman–Crippen LogP) is 0.544. The second-order valence-corrected chi connectivity index (χ2v) is 4.06. The van der Waals surface area contributed by atoms with E-state index in [1.807, 2.05) is 0 Å². The van der Waals surface area contributed by atoms with Crippen LogP contribution >= 0.6 is 0 Å². The molecular weight excluding hydrogens is 180 g/mol. The SMILES string of the molecule is NC(=O)CCC(C(N)=O)C1CCCC1. The van der Waals surface area contributed by atoms with Gasteiger partial charge in [-0.15, -0.1) is 0 Å². The van der Waals surface area contributed by atoms with E-state index in [-0.39, 0.29) is 24.2 Å². The lowest BCUT2D eigenvalue weighted by Crippen LogP contribution is -2.30. The molecule has 0 aromatic carbocycles. The molecule has 0 aromatic heterocycles. The second kappa shape index (κ2) is 4.98. The number of hydrogen-bond acceptors (Lipinski definition) is 2. The van der Waals surface area contributed by atoms with Gasteiger partial charge in [0, 0.05) is 12.3 Å². The van der Waals surface area contributed by atoms with Gasteiger partial charge in [0.25, 0.3) is 0 Å². The Kier molecular flexibility index (Phi) is 3.92. The summed E-state index contributed by atoms with van der Waals surface area (Å²) in [6.07, 6.45) is 5.26. The zero-order valence-electron chi connectivity index (χ0n) is 8.37. The average Bonchev–Trinajstić information content (AvgIpc) is 2.56. The van der Waals surface area contributed by atoms with Gasteiger partial charge in [-0.05, 0) is 25.2 Å². The third-order valence-corrected chi connectivity index (χ3v) is 3.04. The topological polar surface area (TPSA) is 86.2 Å². The first-order chi connectivity index (χ1) is 6.61. The van der Waals surface area contributed by atoms with Gasteiger partial charge in [0.2, 0.25) is 11.8 Å². The molecule has 0 spiro atoms. The summed E-state index contributed by atoms with van der Waals surface area (Å²) in [5.41, 5.74) is 10.4. The van der Waals surface area contributed by atoms with Crippen LogP contribution in [-0.4, -0.2) is 11.8 Å². The minimum absolute atomic E-state index is 0.148. The minimum Gasteiger partial charge on any atom is -0.370 e. The van der Waals surface area contributed by atoms with Crippen molar-refractivity contribution in [3.8, 4) is 0 Å². The molecule has 2 amide bonds. The highest BCUT2D eigenvalue weighted by Gasteiger charge is 2.28. The van der Waals surface area contributed by atoms with Crippen LogP contribution in [0.25, 0.3) is 0 Å². The molecule has 0 radical (unpaired) electrons. The first-order valence-corrected chi connectivity index (χ1v) is 5.19. The number of rotatable bonds is 5.